The molecule has 0 bridgehead atoms. The second kappa shape index (κ2) is 7.16. The summed E-state index contributed by atoms with van der Waals surface area (Å²) in [6.07, 6.45) is 0.945. The molecule has 2 N–H and O–H groups in total. The van der Waals surface area contributed by atoms with E-state index in [9.17, 15) is 5.11 Å². The zero-order valence-electron chi connectivity index (χ0n) is 13.2. The third kappa shape index (κ3) is 4.49. The van der Waals surface area contributed by atoms with Crippen molar-refractivity contribution in [2.24, 2.45) is 0 Å². The average molecular weight is 364 g/mol. The van der Waals surface area contributed by atoms with Gasteiger partial charge in [0.1, 0.15) is 0 Å². The van der Waals surface area contributed by atoms with Gasteiger partial charge >= 0.3 is 0 Å². The first-order chi connectivity index (χ1) is 10.4. The minimum Gasteiger partial charge on any atom is -0.504 e. The first-order valence-electron chi connectivity index (χ1n) is 7.25. The Hall–Kier alpha value is -1.52. The summed E-state index contributed by atoms with van der Waals surface area (Å²) in [4.78, 5) is 0. The van der Waals surface area contributed by atoms with Gasteiger partial charge in [0.15, 0.2) is 11.5 Å². The largest absolute Gasteiger partial charge is 0.504 e. The molecule has 0 fully saturated rings. The highest BCUT2D eigenvalue weighted by molar-refractivity contribution is 9.10. The van der Waals surface area contributed by atoms with Gasteiger partial charge in [0.2, 0.25) is 0 Å². The highest BCUT2D eigenvalue weighted by Crippen LogP contribution is 2.32. The Kier molecular flexibility index (Phi) is 5.48. The highest BCUT2D eigenvalue weighted by atomic mass is 79.9. The lowest BCUT2D eigenvalue weighted by Crippen LogP contribution is -2.40. The maximum atomic E-state index is 9.76. The second-order valence-electron chi connectivity index (χ2n) is 6.02. The lowest BCUT2D eigenvalue weighted by Gasteiger charge is -2.27. The first-order valence-corrected chi connectivity index (χ1v) is 8.05. The lowest BCUT2D eigenvalue weighted by molar-refractivity contribution is 0.368. The predicted molar refractivity (Wildman–Crippen MR) is 93.4 cm³/mol. The van der Waals surface area contributed by atoms with Gasteiger partial charge in [0, 0.05) is 16.6 Å². The first kappa shape index (κ1) is 16.8. The number of hydrogen-bond donors (Lipinski definition) is 2. The quantitative estimate of drug-likeness (QED) is 0.804. The topological polar surface area (TPSA) is 41.5 Å². The molecule has 2 aromatic carbocycles. The Morgan fingerprint density at radius 2 is 1.86 bits per heavy atom. The fourth-order valence-electron chi connectivity index (χ4n) is 2.39. The van der Waals surface area contributed by atoms with Gasteiger partial charge < -0.3 is 15.2 Å². The Labute approximate surface area is 140 Å². The van der Waals surface area contributed by atoms with E-state index >= 15 is 0 Å². The van der Waals surface area contributed by atoms with Crippen molar-refractivity contribution in [2.75, 3.05) is 7.11 Å². The molecule has 0 heterocycles. The maximum Gasteiger partial charge on any atom is 0.160 e. The van der Waals surface area contributed by atoms with Crippen LogP contribution in [0.2, 0.25) is 0 Å². The van der Waals surface area contributed by atoms with Crippen molar-refractivity contribution in [1.29, 1.82) is 0 Å². The summed E-state index contributed by atoms with van der Waals surface area (Å²) in [6.45, 7) is 5.06. The van der Waals surface area contributed by atoms with E-state index in [4.69, 9.17) is 4.74 Å². The van der Waals surface area contributed by atoms with E-state index in [0.29, 0.717) is 12.3 Å². The van der Waals surface area contributed by atoms with Crippen LogP contribution in [0.4, 0.5) is 0 Å². The average Bonchev–Trinajstić information content (AvgIpc) is 2.47. The van der Waals surface area contributed by atoms with Crippen molar-refractivity contribution >= 4 is 15.9 Å². The summed E-state index contributed by atoms with van der Waals surface area (Å²) < 4.78 is 6.04. The summed E-state index contributed by atoms with van der Waals surface area (Å²) >= 11 is 3.49. The van der Waals surface area contributed by atoms with Crippen molar-refractivity contribution in [3.63, 3.8) is 0 Å². The standard InChI is InChI=1S/C18H22BrNO2/c1-18(2,11-13-7-5-4-6-8-13)20-12-14-9-17(22-3)16(21)10-15(14)19/h4-10,20-21H,11-12H2,1-3H3. The smallest absolute Gasteiger partial charge is 0.160 e. The van der Waals surface area contributed by atoms with Crippen LogP contribution in [-0.2, 0) is 13.0 Å². The number of phenolic OH excluding ortho intramolecular Hbond substituents is 1. The van der Waals surface area contributed by atoms with Crippen LogP contribution in [0, 0.1) is 0 Å². The Bertz CT molecular complexity index is 626. The molecule has 2 rings (SSSR count). The van der Waals surface area contributed by atoms with Crippen molar-refractivity contribution in [3.05, 3.63) is 58.1 Å². The van der Waals surface area contributed by atoms with E-state index in [1.165, 1.54) is 5.56 Å². The fourth-order valence-corrected chi connectivity index (χ4v) is 2.86. The SMILES string of the molecule is COc1cc(CNC(C)(C)Cc2ccccc2)c(Br)cc1O. The molecular weight excluding hydrogens is 342 g/mol. The van der Waals surface area contributed by atoms with E-state index in [1.54, 1.807) is 13.2 Å². The van der Waals surface area contributed by atoms with Gasteiger partial charge in [-0.25, -0.2) is 0 Å². The molecule has 0 aliphatic rings. The van der Waals surface area contributed by atoms with Crippen LogP contribution in [0.25, 0.3) is 0 Å². The van der Waals surface area contributed by atoms with Crippen LogP contribution in [0.1, 0.15) is 25.0 Å². The van der Waals surface area contributed by atoms with Crippen molar-refractivity contribution in [1.82, 2.24) is 5.32 Å². The number of benzene rings is 2. The predicted octanol–water partition coefficient (Wildman–Crippen LogP) is 4.27. The van der Waals surface area contributed by atoms with E-state index in [-0.39, 0.29) is 11.3 Å². The van der Waals surface area contributed by atoms with Crippen LogP contribution in [-0.4, -0.2) is 17.8 Å². The van der Waals surface area contributed by atoms with Crippen LogP contribution in [0.5, 0.6) is 11.5 Å². The Morgan fingerprint density at radius 3 is 2.50 bits per heavy atom. The summed E-state index contributed by atoms with van der Waals surface area (Å²) in [5.41, 5.74) is 2.32. The molecule has 0 saturated heterocycles. The molecule has 22 heavy (non-hydrogen) atoms. The van der Waals surface area contributed by atoms with Crippen molar-refractivity contribution < 1.29 is 9.84 Å². The molecule has 0 saturated carbocycles. The number of ether oxygens (including phenoxy) is 1. The molecule has 4 heteroatoms. The molecule has 118 valence electrons. The third-order valence-corrected chi connectivity index (χ3v) is 4.33. The molecule has 0 aliphatic carbocycles. The summed E-state index contributed by atoms with van der Waals surface area (Å²) in [7, 11) is 1.56. The lowest BCUT2D eigenvalue weighted by atomic mass is 9.94. The zero-order valence-corrected chi connectivity index (χ0v) is 14.8. The third-order valence-electron chi connectivity index (χ3n) is 3.59. The summed E-state index contributed by atoms with van der Waals surface area (Å²) in [6, 6.07) is 14.0. The zero-order chi connectivity index (χ0) is 16.2. The van der Waals surface area contributed by atoms with Crippen LogP contribution >= 0.6 is 15.9 Å². The van der Waals surface area contributed by atoms with E-state index in [0.717, 1.165) is 16.5 Å². The molecule has 0 aliphatic heterocycles. The number of nitrogens with one attached hydrogen (secondary N) is 1. The number of rotatable bonds is 6. The Balaban J connectivity index is 2.05. The van der Waals surface area contributed by atoms with Crippen LogP contribution < -0.4 is 10.1 Å². The van der Waals surface area contributed by atoms with Gasteiger partial charge in [0.25, 0.3) is 0 Å². The maximum absolute atomic E-state index is 9.76. The van der Waals surface area contributed by atoms with Crippen molar-refractivity contribution in [3.8, 4) is 11.5 Å². The van der Waals surface area contributed by atoms with E-state index in [1.807, 2.05) is 12.1 Å². The van der Waals surface area contributed by atoms with Gasteiger partial charge in [0.05, 0.1) is 7.11 Å². The molecule has 0 amide bonds. The molecule has 0 spiro atoms. The molecule has 0 unspecified atom stereocenters. The normalized spacial score (nSPS) is 11.5. The monoisotopic (exact) mass is 363 g/mol. The van der Waals surface area contributed by atoms with E-state index in [2.05, 4.69) is 59.4 Å². The minimum atomic E-state index is -0.0358. The number of methoxy groups -OCH3 is 1. The highest BCUT2D eigenvalue weighted by Gasteiger charge is 2.18. The van der Waals surface area contributed by atoms with Gasteiger partial charge in [-0.3, -0.25) is 0 Å². The van der Waals surface area contributed by atoms with Crippen LogP contribution in [0.3, 0.4) is 0 Å². The van der Waals surface area contributed by atoms with Gasteiger partial charge in [-0.1, -0.05) is 46.3 Å². The second-order valence-corrected chi connectivity index (χ2v) is 6.87. The van der Waals surface area contributed by atoms with Gasteiger partial charge in [-0.15, -0.1) is 0 Å². The fraction of sp³-hybridized carbons (Fsp3) is 0.333. The van der Waals surface area contributed by atoms with E-state index < -0.39 is 0 Å². The molecule has 0 atom stereocenters. The number of hydrogen-bond acceptors (Lipinski definition) is 3. The Morgan fingerprint density at radius 1 is 1.18 bits per heavy atom. The van der Waals surface area contributed by atoms with Gasteiger partial charge in [-0.05, 0) is 43.5 Å². The summed E-state index contributed by atoms with van der Waals surface area (Å²) in [5.74, 6) is 0.627. The molecule has 0 radical (unpaired) electrons. The van der Waals surface area contributed by atoms with Crippen LogP contribution in [0.15, 0.2) is 46.9 Å². The number of phenols is 1. The molecule has 2 aromatic rings. The van der Waals surface area contributed by atoms with Crippen molar-refractivity contribution in [2.45, 2.75) is 32.4 Å². The van der Waals surface area contributed by atoms with Gasteiger partial charge in [-0.2, -0.15) is 0 Å². The number of halogens is 1. The summed E-state index contributed by atoms with van der Waals surface area (Å²) in [5, 5.41) is 13.3. The molecule has 3 nitrogen and oxygen atoms in total. The number of aromatic hydroxyl groups is 1. The minimum absolute atomic E-state index is 0.0358. The molecular formula is C18H22BrNO2. The molecule has 0 aromatic heterocycles.